The van der Waals surface area contributed by atoms with Crippen molar-refractivity contribution in [1.82, 2.24) is 10.6 Å². The molecular formula is C16H18N4O4. The van der Waals surface area contributed by atoms with E-state index < -0.39 is 11.9 Å². The van der Waals surface area contributed by atoms with Gasteiger partial charge >= 0.3 is 6.03 Å². The van der Waals surface area contributed by atoms with Gasteiger partial charge in [0.1, 0.15) is 5.76 Å². The monoisotopic (exact) mass is 330 g/mol. The zero-order valence-electron chi connectivity index (χ0n) is 13.1. The van der Waals surface area contributed by atoms with Crippen LogP contribution in [0.25, 0.3) is 0 Å². The third-order valence-electron chi connectivity index (χ3n) is 3.22. The fourth-order valence-electron chi connectivity index (χ4n) is 1.90. The molecule has 0 fully saturated rings. The first kappa shape index (κ1) is 17.1. The number of urea groups is 1. The van der Waals surface area contributed by atoms with Gasteiger partial charge in [0.15, 0.2) is 0 Å². The van der Waals surface area contributed by atoms with E-state index >= 15 is 0 Å². The molecule has 8 heteroatoms. The molecule has 1 aromatic carbocycles. The number of hydrogen-bond donors (Lipinski definition) is 4. The van der Waals surface area contributed by atoms with Crippen LogP contribution in [0.3, 0.4) is 0 Å². The second-order valence-corrected chi connectivity index (χ2v) is 5.06. The van der Waals surface area contributed by atoms with Crippen LogP contribution in [0.2, 0.25) is 0 Å². The summed E-state index contributed by atoms with van der Waals surface area (Å²) < 4.78 is 5.08. The molecule has 24 heavy (non-hydrogen) atoms. The van der Waals surface area contributed by atoms with E-state index in [2.05, 4.69) is 16.0 Å². The molecule has 0 atom stereocenters. The SMILES string of the molecule is Cc1ccc(C(N)=O)cc1NC(=O)NCC(=O)NCc1ccco1. The molecule has 2 rings (SSSR count). The van der Waals surface area contributed by atoms with Gasteiger partial charge in [-0.2, -0.15) is 0 Å². The Hall–Kier alpha value is -3.29. The van der Waals surface area contributed by atoms with Crippen molar-refractivity contribution >= 4 is 23.5 Å². The first-order valence-corrected chi connectivity index (χ1v) is 7.20. The van der Waals surface area contributed by atoms with Gasteiger partial charge in [-0.15, -0.1) is 0 Å². The van der Waals surface area contributed by atoms with Crippen molar-refractivity contribution in [3.05, 3.63) is 53.5 Å². The summed E-state index contributed by atoms with van der Waals surface area (Å²) in [6.45, 7) is 1.83. The average Bonchev–Trinajstić information content (AvgIpc) is 3.06. The maximum atomic E-state index is 11.8. The van der Waals surface area contributed by atoms with E-state index in [0.717, 1.165) is 5.56 Å². The maximum Gasteiger partial charge on any atom is 0.319 e. The van der Waals surface area contributed by atoms with Gasteiger partial charge in [-0.1, -0.05) is 6.07 Å². The molecule has 0 aliphatic rings. The Morgan fingerprint density at radius 1 is 1.17 bits per heavy atom. The first-order chi connectivity index (χ1) is 11.5. The molecule has 1 heterocycles. The second kappa shape index (κ2) is 7.82. The van der Waals surface area contributed by atoms with Crippen molar-refractivity contribution in [2.24, 2.45) is 5.73 Å². The molecule has 2 aromatic rings. The van der Waals surface area contributed by atoms with Gasteiger partial charge in [0.2, 0.25) is 11.8 Å². The average molecular weight is 330 g/mol. The standard InChI is InChI=1S/C16H18N4O4/c1-10-4-5-11(15(17)22)7-13(10)20-16(23)19-9-14(21)18-8-12-3-2-6-24-12/h2-7H,8-9H2,1H3,(H2,17,22)(H,18,21)(H2,19,20,23). The quantitative estimate of drug-likeness (QED) is 0.633. The number of primary amides is 1. The highest BCUT2D eigenvalue weighted by molar-refractivity contribution is 5.97. The van der Waals surface area contributed by atoms with E-state index in [4.69, 9.17) is 10.2 Å². The van der Waals surface area contributed by atoms with Crippen molar-refractivity contribution in [3.8, 4) is 0 Å². The molecule has 0 aliphatic heterocycles. The van der Waals surface area contributed by atoms with E-state index in [-0.39, 0.29) is 24.6 Å². The summed E-state index contributed by atoms with van der Waals surface area (Å²) in [5, 5.41) is 7.61. The van der Waals surface area contributed by atoms with Crippen molar-refractivity contribution in [1.29, 1.82) is 0 Å². The minimum absolute atomic E-state index is 0.193. The van der Waals surface area contributed by atoms with Gasteiger partial charge in [-0.3, -0.25) is 9.59 Å². The van der Waals surface area contributed by atoms with E-state index in [1.165, 1.54) is 12.3 Å². The van der Waals surface area contributed by atoms with Crippen LogP contribution in [-0.2, 0) is 11.3 Å². The lowest BCUT2D eigenvalue weighted by Crippen LogP contribution is -2.38. The molecule has 0 saturated heterocycles. The third kappa shape index (κ3) is 4.87. The second-order valence-electron chi connectivity index (χ2n) is 5.06. The fourth-order valence-corrected chi connectivity index (χ4v) is 1.90. The van der Waals surface area contributed by atoms with E-state index in [0.29, 0.717) is 11.4 Å². The summed E-state index contributed by atoms with van der Waals surface area (Å²) in [4.78, 5) is 34.7. The van der Waals surface area contributed by atoms with Gasteiger partial charge in [0, 0.05) is 11.3 Å². The molecule has 0 radical (unpaired) electrons. The summed E-state index contributed by atoms with van der Waals surface area (Å²) in [6.07, 6.45) is 1.51. The van der Waals surface area contributed by atoms with Crippen LogP contribution in [0.4, 0.5) is 10.5 Å². The first-order valence-electron chi connectivity index (χ1n) is 7.20. The zero-order chi connectivity index (χ0) is 17.5. The van der Waals surface area contributed by atoms with Crippen molar-refractivity contribution in [2.75, 3.05) is 11.9 Å². The van der Waals surface area contributed by atoms with Crippen LogP contribution in [0.5, 0.6) is 0 Å². The number of carbonyl (C=O) groups excluding carboxylic acids is 3. The molecule has 0 unspecified atom stereocenters. The number of amides is 4. The Morgan fingerprint density at radius 3 is 2.62 bits per heavy atom. The number of furan rings is 1. The molecule has 0 aliphatic carbocycles. The highest BCUT2D eigenvalue weighted by atomic mass is 16.3. The van der Waals surface area contributed by atoms with Gasteiger partial charge < -0.3 is 26.1 Å². The minimum Gasteiger partial charge on any atom is -0.467 e. The smallest absolute Gasteiger partial charge is 0.319 e. The van der Waals surface area contributed by atoms with Crippen molar-refractivity contribution < 1.29 is 18.8 Å². The van der Waals surface area contributed by atoms with Gasteiger partial charge in [0.25, 0.3) is 0 Å². The number of rotatable bonds is 6. The number of aryl methyl sites for hydroxylation is 1. The van der Waals surface area contributed by atoms with Gasteiger partial charge in [0.05, 0.1) is 19.4 Å². The third-order valence-corrected chi connectivity index (χ3v) is 3.22. The number of anilines is 1. The number of benzene rings is 1. The summed E-state index contributed by atoms with van der Waals surface area (Å²) in [6, 6.07) is 7.61. The van der Waals surface area contributed by atoms with Crippen LogP contribution < -0.4 is 21.7 Å². The molecule has 1 aromatic heterocycles. The molecule has 126 valence electrons. The predicted molar refractivity (Wildman–Crippen MR) is 87.3 cm³/mol. The van der Waals surface area contributed by atoms with Crippen molar-refractivity contribution in [2.45, 2.75) is 13.5 Å². The Bertz CT molecular complexity index is 741. The number of carbonyl (C=O) groups is 3. The molecule has 4 amide bonds. The van der Waals surface area contributed by atoms with Crippen LogP contribution in [0.15, 0.2) is 41.0 Å². The van der Waals surface area contributed by atoms with E-state index in [9.17, 15) is 14.4 Å². The molecule has 0 bridgehead atoms. The lowest BCUT2D eigenvalue weighted by Gasteiger charge is -2.11. The Morgan fingerprint density at radius 2 is 1.96 bits per heavy atom. The summed E-state index contributed by atoms with van der Waals surface area (Å²) in [7, 11) is 0. The Labute approximate surface area is 138 Å². The highest BCUT2D eigenvalue weighted by Gasteiger charge is 2.09. The fraction of sp³-hybridized carbons (Fsp3) is 0.188. The van der Waals surface area contributed by atoms with E-state index in [1.807, 2.05) is 0 Å². The molecule has 8 nitrogen and oxygen atoms in total. The van der Waals surface area contributed by atoms with Crippen LogP contribution >= 0.6 is 0 Å². The van der Waals surface area contributed by atoms with Crippen LogP contribution in [0.1, 0.15) is 21.7 Å². The molecular weight excluding hydrogens is 312 g/mol. The number of nitrogens with two attached hydrogens (primary N) is 1. The number of nitrogens with one attached hydrogen (secondary N) is 3. The molecule has 0 spiro atoms. The lowest BCUT2D eigenvalue weighted by molar-refractivity contribution is -0.120. The predicted octanol–water partition coefficient (Wildman–Crippen LogP) is 1.12. The van der Waals surface area contributed by atoms with Crippen LogP contribution in [0, 0.1) is 6.92 Å². The Kier molecular flexibility index (Phi) is 5.56. The number of hydrogen-bond acceptors (Lipinski definition) is 4. The topological polar surface area (TPSA) is 126 Å². The zero-order valence-corrected chi connectivity index (χ0v) is 13.1. The van der Waals surface area contributed by atoms with E-state index in [1.54, 1.807) is 31.2 Å². The Balaban J connectivity index is 1.81. The summed E-state index contributed by atoms with van der Waals surface area (Å²) >= 11 is 0. The van der Waals surface area contributed by atoms with Gasteiger partial charge in [-0.05, 0) is 36.8 Å². The summed E-state index contributed by atoms with van der Waals surface area (Å²) in [5.41, 5.74) is 6.70. The van der Waals surface area contributed by atoms with Crippen molar-refractivity contribution in [3.63, 3.8) is 0 Å². The minimum atomic E-state index is -0.587. The molecule has 5 N–H and O–H groups in total. The highest BCUT2D eigenvalue weighted by Crippen LogP contribution is 2.16. The lowest BCUT2D eigenvalue weighted by atomic mass is 10.1. The largest absolute Gasteiger partial charge is 0.467 e. The van der Waals surface area contributed by atoms with Crippen LogP contribution in [-0.4, -0.2) is 24.4 Å². The molecule has 0 saturated carbocycles. The van der Waals surface area contributed by atoms with Gasteiger partial charge in [-0.25, -0.2) is 4.79 Å². The maximum absolute atomic E-state index is 11.8. The normalized spacial score (nSPS) is 10.0. The summed E-state index contributed by atoms with van der Waals surface area (Å²) in [5.74, 6) is -0.327.